The van der Waals surface area contributed by atoms with Crippen LogP contribution in [0, 0.1) is 0 Å². The van der Waals surface area contributed by atoms with Crippen molar-refractivity contribution in [2.75, 3.05) is 0 Å². The number of para-hydroxylation sites is 1. The maximum atomic E-state index is 11.4. The number of aromatic nitrogens is 2. The third-order valence-corrected chi connectivity index (χ3v) is 3.42. The van der Waals surface area contributed by atoms with Gasteiger partial charge in [-0.1, -0.05) is 31.5 Å². The van der Waals surface area contributed by atoms with Gasteiger partial charge in [-0.15, -0.1) is 0 Å². The number of aryl methyl sites for hydroxylation is 1. The highest BCUT2D eigenvalue weighted by Gasteiger charge is 2.21. The molecule has 0 radical (unpaired) electrons. The van der Waals surface area contributed by atoms with Crippen molar-refractivity contribution in [3.05, 3.63) is 48.1 Å². The number of carboxylic acid groups (broad SMARTS) is 1. The van der Waals surface area contributed by atoms with Gasteiger partial charge in [0, 0.05) is 18.0 Å². The Bertz CT molecular complexity index is 786. The van der Waals surface area contributed by atoms with Crippen LogP contribution in [0.2, 0.25) is 0 Å². The van der Waals surface area contributed by atoms with E-state index in [2.05, 4.69) is 11.9 Å². The van der Waals surface area contributed by atoms with E-state index < -0.39 is 5.97 Å². The van der Waals surface area contributed by atoms with Gasteiger partial charge in [0.1, 0.15) is 0 Å². The number of hydrogen-bond acceptors (Lipinski definition) is 3. The standard InChI is InChI=1S/C16H16N2O3/c1-2-3-8-13-17-14(16(19)20)15(21-13)18-10-9-11-6-4-5-7-12(11)18/h4-7,9-10H,2-3,8H2,1H3,(H,19,20). The first-order valence-electron chi connectivity index (χ1n) is 7.00. The molecule has 108 valence electrons. The summed E-state index contributed by atoms with van der Waals surface area (Å²) < 4.78 is 7.44. The molecule has 0 aliphatic heterocycles. The van der Waals surface area contributed by atoms with Crippen molar-refractivity contribution in [2.24, 2.45) is 0 Å². The maximum absolute atomic E-state index is 11.4. The predicted molar refractivity (Wildman–Crippen MR) is 78.9 cm³/mol. The second kappa shape index (κ2) is 5.44. The highest BCUT2D eigenvalue weighted by atomic mass is 16.4. The van der Waals surface area contributed by atoms with Gasteiger partial charge < -0.3 is 9.52 Å². The van der Waals surface area contributed by atoms with E-state index in [9.17, 15) is 9.90 Å². The van der Waals surface area contributed by atoms with Crippen LogP contribution in [0.3, 0.4) is 0 Å². The Labute approximate surface area is 121 Å². The van der Waals surface area contributed by atoms with E-state index in [1.807, 2.05) is 30.3 Å². The summed E-state index contributed by atoms with van der Waals surface area (Å²) in [6, 6.07) is 9.68. The van der Waals surface area contributed by atoms with Gasteiger partial charge in [0.2, 0.25) is 11.6 Å². The van der Waals surface area contributed by atoms with E-state index in [1.165, 1.54) is 0 Å². The van der Waals surface area contributed by atoms with Crippen LogP contribution >= 0.6 is 0 Å². The van der Waals surface area contributed by atoms with Crippen molar-refractivity contribution in [3.63, 3.8) is 0 Å². The molecule has 2 aromatic heterocycles. The van der Waals surface area contributed by atoms with Crippen molar-refractivity contribution in [2.45, 2.75) is 26.2 Å². The third-order valence-electron chi connectivity index (χ3n) is 3.42. The van der Waals surface area contributed by atoms with E-state index in [0.29, 0.717) is 12.3 Å². The van der Waals surface area contributed by atoms with Gasteiger partial charge >= 0.3 is 5.97 Å². The first-order chi connectivity index (χ1) is 10.2. The maximum Gasteiger partial charge on any atom is 0.360 e. The van der Waals surface area contributed by atoms with E-state index in [4.69, 9.17) is 4.42 Å². The van der Waals surface area contributed by atoms with Crippen LogP contribution in [0.15, 0.2) is 40.9 Å². The molecule has 5 nitrogen and oxygen atoms in total. The summed E-state index contributed by atoms with van der Waals surface area (Å²) in [5, 5.41) is 10.4. The smallest absolute Gasteiger partial charge is 0.360 e. The number of hydrogen-bond donors (Lipinski definition) is 1. The minimum atomic E-state index is -1.07. The van der Waals surface area contributed by atoms with Gasteiger partial charge in [0.25, 0.3) is 0 Å². The second-order valence-corrected chi connectivity index (χ2v) is 4.91. The molecule has 5 heteroatoms. The van der Waals surface area contributed by atoms with Crippen LogP contribution in [0.5, 0.6) is 0 Å². The molecule has 0 aliphatic carbocycles. The molecule has 0 spiro atoms. The number of fused-ring (bicyclic) bond motifs is 1. The largest absolute Gasteiger partial charge is 0.476 e. The number of rotatable bonds is 5. The quantitative estimate of drug-likeness (QED) is 0.776. The lowest BCUT2D eigenvalue weighted by Crippen LogP contribution is -2.03. The monoisotopic (exact) mass is 284 g/mol. The van der Waals surface area contributed by atoms with Gasteiger partial charge in [-0.3, -0.25) is 4.57 Å². The van der Waals surface area contributed by atoms with Crippen molar-refractivity contribution >= 4 is 16.9 Å². The van der Waals surface area contributed by atoms with Crippen molar-refractivity contribution in [1.82, 2.24) is 9.55 Å². The number of unbranched alkanes of at least 4 members (excludes halogenated alkanes) is 1. The molecule has 0 saturated heterocycles. The first kappa shape index (κ1) is 13.4. The molecule has 1 aromatic carbocycles. The topological polar surface area (TPSA) is 68.3 Å². The number of carbonyl (C=O) groups is 1. The van der Waals surface area contributed by atoms with Crippen LogP contribution in [-0.2, 0) is 6.42 Å². The van der Waals surface area contributed by atoms with Gasteiger partial charge in [0.05, 0.1) is 5.52 Å². The molecular weight excluding hydrogens is 268 g/mol. The molecule has 0 bridgehead atoms. The Hall–Kier alpha value is -2.56. The number of aromatic carboxylic acids is 1. The zero-order valence-corrected chi connectivity index (χ0v) is 11.7. The molecule has 0 aliphatic rings. The minimum Gasteiger partial charge on any atom is -0.476 e. The van der Waals surface area contributed by atoms with Gasteiger partial charge in [-0.05, 0) is 18.6 Å². The number of nitrogens with zero attached hydrogens (tertiary/aromatic N) is 2. The van der Waals surface area contributed by atoms with Gasteiger partial charge in [-0.25, -0.2) is 9.78 Å². The fourth-order valence-electron chi connectivity index (χ4n) is 2.35. The summed E-state index contributed by atoms with van der Waals surface area (Å²) >= 11 is 0. The first-order valence-corrected chi connectivity index (χ1v) is 7.00. The average molecular weight is 284 g/mol. The summed E-state index contributed by atoms with van der Waals surface area (Å²) in [6.07, 6.45) is 4.38. The summed E-state index contributed by atoms with van der Waals surface area (Å²) in [5.41, 5.74) is 0.862. The Kier molecular flexibility index (Phi) is 3.48. The normalized spacial score (nSPS) is 11.1. The zero-order valence-electron chi connectivity index (χ0n) is 11.7. The third kappa shape index (κ3) is 2.42. The van der Waals surface area contributed by atoms with Crippen LogP contribution in [0.25, 0.3) is 16.8 Å². The molecule has 0 unspecified atom stereocenters. The molecule has 0 atom stereocenters. The molecular formula is C16H16N2O3. The number of carboxylic acids is 1. The van der Waals surface area contributed by atoms with Crippen LogP contribution in [-0.4, -0.2) is 20.6 Å². The molecule has 0 amide bonds. The van der Waals surface area contributed by atoms with Crippen LogP contribution in [0.1, 0.15) is 36.1 Å². The molecule has 1 N–H and O–H groups in total. The van der Waals surface area contributed by atoms with Crippen molar-refractivity contribution in [1.29, 1.82) is 0 Å². The lowest BCUT2D eigenvalue weighted by atomic mass is 10.2. The number of benzene rings is 1. The molecule has 21 heavy (non-hydrogen) atoms. The summed E-state index contributed by atoms with van der Waals surface area (Å²) in [6.45, 7) is 2.07. The van der Waals surface area contributed by atoms with Gasteiger partial charge in [-0.2, -0.15) is 0 Å². The number of oxazole rings is 1. The minimum absolute atomic E-state index is 0.0394. The molecule has 0 saturated carbocycles. The Morgan fingerprint density at radius 1 is 1.33 bits per heavy atom. The fraction of sp³-hybridized carbons (Fsp3) is 0.250. The van der Waals surface area contributed by atoms with Crippen molar-refractivity contribution in [3.8, 4) is 5.88 Å². The van der Waals surface area contributed by atoms with Crippen LogP contribution < -0.4 is 0 Å². The highest BCUT2D eigenvalue weighted by Crippen LogP contribution is 2.24. The Balaban J connectivity index is 2.12. The SMILES string of the molecule is CCCCc1nc(C(=O)O)c(-n2ccc3ccccc32)o1. The second-order valence-electron chi connectivity index (χ2n) is 4.91. The Morgan fingerprint density at radius 3 is 2.90 bits per heavy atom. The summed E-state index contributed by atoms with van der Waals surface area (Å²) in [4.78, 5) is 15.5. The zero-order chi connectivity index (χ0) is 14.8. The van der Waals surface area contributed by atoms with E-state index in [-0.39, 0.29) is 11.6 Å². The Morgan fingerprint density at radius 2 is 2.14 bits per heavy atom. The average Bonchev–Trinajstić information content (AvgIpc) is 3.08. The lowest BCUT2D eigenvalue weighted by molar-refractivity contribution is 0.0690. The highest BCUT2D eigenvalue weighted by molar-refractivity contribution is 5.90. The summed E-state index contributed by atoms with van der Waals surface area (Å²) in [7, 11) is 0. The molecule has 0 fully saturated rings. The lowest BCUT2D eigenvalue weighted by Gasteiger charge is -2.01. The predicted octanol–water partition coefficient (Wildman–Crippen LogP) is 3.66. The molecule has 2 heterocycles. The molecule has 3 aromatic rings. The fourth-order valence-corrected chi connectivity index (χ4v) is 2.35. The van der Waals surface area contributed by atoms with Crippen LogP contribution in [0.4, 0.5) is 0 Å². The van der Waals surface area contributed by atoms with E-state index in [0.717, 1.165) is 23.7 Å². The van der Waals surface area contributed by atoms with Gasteiger partial charge in [0.15, 0.2) is 5.89 Å². The van der Waals surface area contributed by atoms with E-state index in [1.54, 1.807) is 10.8 Å². The van der Waals surface area contributed by atoms with E-state index >= 15 is 0 Å². The molecule has 3 rings (SSSR count). The summed E-state index contributed by atoms with van der Waals surface area (Å²) in [5.74, 6) is -0.328. The van der Waals surface area contributed by atoms with Crippen molar-refractivity contribution < 1.29 is 14.3 Å².